The summed E-state index contributed by atoms with van der Waals surface area (Å²) in [5, 5.41) is 18.7. The molecular formula is C13H14O4. The predicted molar refractivity (Wildman–Crippen MR) is 63.3 cm³/mol. The van der Waals surface area contributed by atoms with Crippen molar-refractivity contribution in [2.75, 3.05) is 6.61 Å². The molecule has 1 aromatic carbocycles. The molecule has 1 heterocycles. The van der Waals surface area contributed by atoms with Crippen LogP contribution in [0, 0.1) is 6.92 Å². The number of benzene rings is 1. The molecule has 0 fully saturated rings. The van der Waals surface area contributed by atoms with Gasteiger partial charge in [0.15, 0.2) is 0 Å². The summed E-state index contributed by atoms with van der Waals surface area (Å²) >= 11 is 0. The second-order valence-electron chi connectivity index (χ2n) is 3.98. The van der Waals surface area contributed by atoms with Crippen LogP contribution < -0.4 is 0 Å². The number of hydrogen-bond acceptors (Lipinski definition) is 3. The Morgan fingerprint density at radius 2 is 2.18 bits per heavy atom. The van der Waals surface area contributed by atoms with Crippen LogP contribution in [0.15, 0.2) is 22.6 Å². The van der Waals surface area contributed by atoms with Crippen molar-refractivity contribution < 1.29 is 19.4 Å². The van der Waals surface area contributed by atoms with Crippen LogP contribution in [0.4, 0.5) is 0 Å². The SMILES string of the molecule is Cc1c(C(=O)O)oc2cccc(CCCO)c12. The fraction of sp³-hybridized carbons (Fsp3) is 0.308. The number of aryl methyl sites for hydroxylation is 2. The minimum absolute atomic E-state index is 0.00329. The zero-order valence-electron chi connectivity index (χ0n) is 9.56. The van der Waals surface area contributed by atoms with Gasteiger partial charge in [0.2, 0.25) is 5.76 Å². The lowest BCUT2D eigenvalue weighted by molar-refractivity contribution is 0.0664. The van der Waals surface area contributed by atoms with E-state index in [-0.39, 0.29) is 12.4 Å². The summed E-state index contributed by atoms with van der Waals surface area (Å²) in [6, 6.07) is 5.53. The predicted octanol–water partition coefficient (Wildman–Crippen LogP) is 2.36. The van der Waals surface area contributed by atoms with Gasteiger partial charge in [0.1, 0.15) is 5.58 Å². The van der Waals surface area contributed by atoms with Crippen LogP contribution >= 0.6 is 0 Å². The number of rotatable bonds is 4. The van der Waals surface area contributed by atoms with Crippen molar-refractivity contribution in [2.45, 2.75) is 19.8 Å². The van der Waals surface area contributed by atoms with Crippen molar-refractivity contribution in [3.8, 4) is 0 Å². The number of fused-ring (bicyclic) bond motifs is 1. The number of carboxylic acid groups (broad SMARTS) is 1. The average Bonchev–Trinajstić information content (AvgIpc) is 2.65. The Bertz CT molecular complexity index is 554. The van der Waals surface area contributed by atoms with Gasteiger partial charge in [0, 0.05) is 17.6 Å². The maximum atomic E-state index is 11.0. The first-order valence-corrected chi connectivity index (χ1v) is 5.50. The minimum Gasteiger partial charge on any atom is -0.475 e. The number of aromatic carboxylic acids is 1. The van der Waals surface area contributed by atoms with E-state index in [0.29, 0.717) is 24.0 Å². The van der Waals surface area contributed by atoms with Gasteiger partial charge in [-0.2, -0.15) is 0 Å². The Labute approximate surface area is 98.5 Å². The molecule has 0 bridgehead atoms. The Balaban J connectivity index is 2.58. The number of carbonyl (C=O) groups is 1. The Morgan fingerprint density at radius 1 is 1.41 bits per heavy atom. The average molecular weight is 234 g/mol. The smallest absolute Gasteiger partial charge is 0.372 e. The van der Waals surface area contributed by atoms with Gasteiger partial charge in [0.05, 0.1) is 0 Å². The highest BCUT2D eigenvalue weighted by molar-refractivity contribution is 5.96. The second kappa shape index (κ2) is 4.59. The molecule has 2 aromatic rings. The third-order valence-electron chi connectivity index (χ3n) is 2.84. The van der Waals surface area contributed by atoms with Crippen LogP contribution in [0.25, 0.3) is 11.0 Å². The van der Waals surface area contributed by atoms with Gasteiger partial charge in [-0.3, -0.25) is 0 Å². The molecule has 0 atom stereocenters. The normalized spacial score (nSPS) is 10.9. The van der Waals surface area contributed by atoms with Crippen molar-refractivity contribution in [3.63, 3.8) is 0 Å². The summed E-state index contributed by atoms with van der Waals surface area (Å²) in [7, 11) is 0. The van der Waals surface area contributed by atoms with E-state index in [1.807, 2.05) is 12.1 Å². The lowest BCUT2D eigenvalue weighted by atomic mass is 10.0. The first kappa shape index (κ1) is 11.7. The molecule has 1 aromatic heterocycles. The van der Waals surface area contributed by atoms with Crippen LogP contribution in [0.1, 0.15) is 28.1 Å². The Kier molecular flexibility index (Phi) is 3.15. The van der Waals surface area contributed by atoms with Crippen LogP contribution in [0.3, 0.4) is 0 Å². The summed E-state index contributed by atoms with van der Waals surface area (Å²) in [5.74, 6) is -1.05. The van der Waals surface area contributed by atoms with Crippen LogP contribution in [-0.2, 0) is 6.42 Å². The van der Waals surface area contributed by atoms with Crippen LogP contribution in [0.2, 0.25) is 0 Å². The number of carboxylic acids is 1. The molecule has 0 radical (unpaired) electrons. The highest BCUT2D eigenvalue weighted by Crippen LogP contribution is 2.29. The fourth-order valence-electron chi connectivity index (χ4n) is 2.07. The molecule has 0 aliphatic rings. The first-order valence-electron chi connectivity index (χ1n) is 5.50. The summed E-state index contributed by atoms with van der Waals surface area (Å²) < 4.78 is 5.32. The maximum absolute atomic E-state index is 11.0. The lowest BCUT2D eigenvalue weighted by Gasteiger charge is -2.01. The molecule has 0 aliphatic carbocycles. The molecule has 0 aliphatic heterocycles. The van der Waals surface area contributed by atoms with Gasteiger partial charge in [-0.15, -0.1) is 0 Å². The third-order valence-corrected chi connectivity index (χ3v) is 2.84. The quantitative estimate of drug-likeness (QED) is 0.851. The zero-order chi connectivity index (χ0) is 12.4. The van der Waals surface area contributed by atoms with Crippen LogP contribution in [0.5, 0.6) is 0 Å². The van der Waals surface area contributed by atoms with E-state index in [1.54, 1.807) is 13.0 Å². The van der Waals surface area contributed by atoms with E-state index in [9.17, 15) is 4.79 Å². The largest absolute Gasteiger partial charge is 0.475 e. The minimum atomic E-state index is -1.05. The molecule has 2 rings (SSSR count). The summed E-state index contributed by atoms with van der Waals surface area (Å²) in [6.07, 6.45) is 1.37. The number of hydrogen-bond donors (Lipinski definition) is 2. The standard InChI is InChI=1S/C13H14O4/c1-8-11-9(5-3-7-14)4-2-6-10(11)17-12(8)13(15)16/h2,4,6,14H,3,5,7H2,1H3,(H,15,16). The molecule has 0 saturated heterocycles. The van der Waals surface area contributed by atoms with E-state index < -0.39 is 5.97 Å². The fourth-order valence-corrected chi connectivity index (χ4v) is 2.07. The molecule has 90 valence electrons. The molecule has 2 N–H and O–H groups in total. The van der Waals surface area contributed by atoms with E-state index in [1.165, 1.54) is 0 Å². The van der Waals surface area contributed by atoms with Gasteiger partial charge in [0.25, 0.3) is 0 Å². The molecule has 4 nitrogen and oxygen atoms in total. The number of aliphatic hydroxyl groups excluding tert-OH is 1. The van der Waals surface area contributed by atoms with Crippen molar-refractivity contribution in [3.05, 3.63) is 35.1 Å². The van der Waals surface area contributed by atoms with E-state index in [2.05, 4.69) is 0 Å². The van der Waals surface area contributed by atoms with Crippen molar-refractivity contribution in [1.82, 2.24) is 0 Å². The monoisotopic (exact) mass is 234 g/mol. The Hall–Kier alpha value is -1.81. The highest BCUT2D eigenvalue weighted by Gasteiger charge is 2.18. The maximum Gasteiger partial charge on any atom is 0.372 e. The molecular weight excluding hydrogens is 220 g/mol. The number of aliphatic hydroxyl groups is 1. The summed E-state index contributed by atoms with van der Waals surface area (Å²) in [4.78, 5) is 11.0. The third kappa shape index (κ3) is 2.03. The molecule has 4 heteroatoms. The van der Waals surface area contributed by atoms with Crippen LogP contribution in [-0.4, -0.2) is 22.8 Å². The lowest BCUT2D eigenvalue weighted by Crippen LogP contribution is -1.96. The van der Waals surface area contributed by atoms with E-state index in [4.69, 9.17) is 14.6 Å². The Morgan fingerprint density at radius 3 is 2.82 bits per heavy atom. The zero-order valence-corrected chi connectivity index (χ0v) is 9.56. The van der Waals surface area contributed by atoms with Gasteiger partial charge in [-0.05, 0) is 31.4 Å². The molecule has 0 spiro atoms. The highest BCUT2D eigenvalue weighted by atomic mass is 16.4. The topological polar surface area (TPSA) is 70.7 Å². The van der Waals surface area contributed by atoms with E-state index >= 15 is 0 Å². The van der Waals surface area contributed by atoms with Gasteiger partial charge < -0.3 is 14.6 Å². The molecule has 0 unspecified atom stereocenters. The summed E-state index contributed by atoms with van der Waals surface area (Å²) in [6.45, 7) is 1.87. The van der Waals surface area contributed by atoms with Crippen molar-refractivity contribution in [2.24, 2.45) is 0 Å². The first-order chi connectivity index (χ1) is 8.15. The van der Waals surface area contributed by atoms with Crippen molar-refractivity contribution in [1.29, 1.82) is 0 Å². The molecule has 0 saturated carbocycles. The summed E-state index contributed by atoms with van der Waals surface area (Å²) in [5.41, 5.74) is 2.27. The van der Waals surface area contributed by atoms with Gasteiger partial charge >= 0.3 is 5.97 Å². The molecule has 0 amide bonds. The van der Waals surface area contributed by atoms with Crippen molar-refractivity contribution >= 4 is 16.9 Å². The van der Waals surface area contributed by atoms with Gasteiger partial charge in [-0.25, -0.2) is 4.79 Å². The number of furan rings is 1. The second-order valence-corrected chi connectivity index (χ2v) is 3.98. The van der Waals surface area contributed by atoms with Gasteiger partial charge in [-0.1, -0.05) is 12.1 Å². The van der Waals surface area contributed by atoms with E-state index in [0.717, 1.165) is 10.9 Å². The molecule has 17 heavy (non-hydrogen) atoms.